The van der Waals surface area contributed by atoms with Crippen molar-refractivity contribution in [1.29, 1.82) is 0 Å². The van der Waals surface area contributed by atoms with Gasteiger partial charge < -0.3 is 33.5 Å². The maximum Gasteiger partial charge on any atom is 0.274 e. The number of fused-ring (bicyclic) bond motifs is 2. The Bertz CT molecular complexity index is 4010. The molecular formula is C61H60F4N6O10S3. The number of amides is 2. The van der Waals surface area contributed by atoms with E-state index >= 15 is 0 Å². The van der Waals surface area contributed by atoms with E-state index in [-0.39, 0.29) is 115 Å². The lowest BCUT2D eigenvalue weighted by Crippen LogP contribution is -2.57. The van der Waals surface area contributed by atoms with Gasteiger partial charge in [-0.15, -0.1) is 22.7 Å². The molecule has 2 unspecified atom stereocenters. The number of aliphatic hydroxyl groups excluding tert-OH is 1. The van der Waals surface area contributed by atoms with Crippen LogP contribution in [0, 0.1) is 23.3 Å². The zero-order chi connectivity index (χ0) is 60.4. The van der Waals surface area contributed by atoms with Crippen LogP contribution in [-0.2, 0) is 51.4 Å². The standard InChI is InChI=1S/C31H31F2N3O6S2.C30H29F2N3O4S/c1-19(2)35-17-31(3,18-42-44(4,39)40)36-15-24(29-34-14-23(43-29)12-21-10-11-22(32)13-25(21)33)27(37)28(26(36)30(35)38)41-16-20-8-6-5-7-9-20;1-18(2)34-16-30(3,17-36)35-14-23(28-33-13-22(40-28)11-20-9-10-21(31)12-24(20)32)26(37)27(25(35)29(34)38)39-15-19-7-5-4-6-8-19/h5-11,13-15,19H,12,16-18H2,1-4H3;4-10,12-14,18,36H,11,15-17H2,1-3H3. The number of pyridine rings is 2. The average molecular weight is 1210 g/mol. The number of rotatable bonds is 18. The lowest BCUT2D eigenvalue weighted by molar-refractivity contribution is 0.0344. The van der Waals surface area contributed by atoms with Crippen molar-refractivity contribution in [3.8, 4) is 32.6 Å². The fourth-order valence-electron chi connectivity index (χ4n) is 9.81. The smallest absolute Gasteiger partial charge is 0.274 e. The SMILES string of the molecule is CC(C)N1CC(C)(CO)n2cc(-c3ncc(Cc4ccc(F)cc4F)s3)c(=O)c(OCc3ccccc3)c2C1=O.CC(C)N1CC(C)(COS(C)(=O)=O)n2cc(-c3ncc(Cc4ccc(F)cc4F)s3)c(=O)c(OCc3ccccc3)c2C1=O. The molecule has 440 valence electrons. The van der Waals surface area contributed by atoms with Crippen molar-refractivity contribution in [1.82, 2.24) is 28.9 Å². The number of nitrogens with zero attached hydrogens (tertiary/aromatic N) is 6. The summed E-state index contributed by atoms with van der Waals surface area (Å²) in [7, 11) is -3.85. The summed E-state index contributed by atoms with van der Waals surface area (Å²) < 4.78 is 100. The van der Waals surface area contributed by atoms with Gasteiger partial charge in [0, 0.05) is 84.7 Å². The minimum Gasteiger partial charge on any atom is -0.483 e. The third-order valence-electron chi connectivity index (χ3n) is 14.4. The summed E-state index contributed by atoms with van der Waals surface area (Å²) in [6.07, 6.45) is 7.33. The van der Waals surface area contributed by atoms with Crippen LogP contribution in [0.4, 0.5) is 17.6 Å². The molecule has 2 amide bonds. The summed E-state index contributed by atoms with van der Waals surface area (Å²) in [5.41, 5.74) is -0.624. The molecule has 8 aromatic rings. The number of thiazole rings is 2. The van der Waals surface area contributed by atoms with Crippen LogP contribution in [0.2, 0.25) is 0 Å². The van der Waals surface area contributed by atoms with Crippen molar-refractivity contribution in [3.05, 3.63) is 209 Å². The van der Waals surface area contributed by atoms with E-state index in [1.54, 1.807) is 38.3 Å². The van der Waals surface area contributed by atoms with Gasteiger partial charge in [0.05, 0.1) is 41.7 Å². The highest BCUT2D eigenvalue weighted by atomic mass is 32.2. The van der Waals surface area contributed by atoms with Crippen molar-refractivity contribution in [3.63, 3.8) is 0 Å². The van der Waals surface area contributed by atoms with E-state index in [4.69, 9.17) is 13.7 Å². The van der Waals surface area contributed by atoms with Gasteiger partial charge in [-0.05, 0) is 75.9 Å². The average Bonchev–Trinajstić information content (AvgIpc) is 0.930. The molecule has 0 aliphatic carbocycles. The van der Waals surface area contributed by atoms with Gasteiger partial charge in [0.15, 0.2) is 22.9 Å². The fourth-order valence-corrected chi connectivity index (χ4v) is 12.2. The number of halogens is 4. The lowest BCUT2D eigenvalue weighted by atomic mass is 9.95. The molecule has 23 heteroatoms. The van der Waals surface area contributed by atoms with Gasteiger partial charge in [0.2, 0.25) is 10.9 Å². The van der Waals surface area contributed by atoms with Crippen molar-refractivity contribution in [2.24, 2.45) is 0 Å². The first-order valence-electron chi connectivity index (χ1n) is 26.7. The number of aromatic nitrogens is 4. The number of benzene rings is 4. The monoisotopic (exact) mass is 1210 g/mol. The maximum absolute atomic E-state index is 14.3. The first-order valence-corrected chi connectivity index (χ1v) is 30.1. The van der Waals surface area contributed by atoms with Gasteiger partial charge in [0.25, 0.3) is 21.9 Å². The van der Waals surface area contributed by atoms with E-state index in [1.165, 1.54) is 48.0 Å². The van der Waals surface area contributed by atoms with E-state index < -0.39 is 61.2 Å². The Morgan fingerprint density at radius 2 is 1.02 bits per heavy atom. The highest BCUT2D eigenvalue weighted by Gasteiger charge is 2.45. The van der Waals surface area contributed by atoms with Crippen molar-refractivity contribution >= 4 is 44.6 Å². The van der Waals surface area contributed by atoms with Gasteiger partial charge in [-0.3, -0.25) is 23.4 Å². The minimum absolute atomic E-state index is 0.00892. The van der Waals surface area contributed by atoms with Crippen LogP contribution in [0.1, 0.15) is 94.5 Å². The first-order chi connectivity index (χ1) is 39.9. The van der Waals surface area contributed by atoms with Crippen LogP contribution in [0.5, 0.6) is 11.5 Å². The highest BCUT2D eigenvalue weighted by Crippen LogP contribution is 2.38. The normalized spacial score (nSPS) is 16.8. The molecule has 2 atom stereocenters. The number of carbonyl (C=O) groups excluding carboxylic acids is 2. The third kappa shape index (κ3) is 13.1. The molecule has 4 aromatic carbocycles. The van der Waals surface area contributed by atoms with E-state index in [1.807, 2.05) is 95.3 Å². The zero-order valence-electron chi connectivity index (χ0n) is 46.9. The Kier molecular flexibility index (Phi) is 17.9. The summed E-state index contributed by atoms with van der Waals surface area (Å²) >= 11 is 2.34. The summed E-state index contributed by atoms with van der Waals surface area (Å²) in [5, 5.41) is 11.1. The van der Waals surface area contributed by atoms with Crippen LogP contribution in [-0.4, -0.2) is 98.9 Å². The molecule has 0 bridgehead atoms. The summed E-state index contributed by atoms with van der Waals surface area (Å²) in [5.74, 6) is -3.82. The second-order valence-electron chi connectivity index (χ2n) is 21.6. The van der Waals surface area contributed by atoms with E-state index in [0.717, 1.165) is 40.9 Å². The molecular weight excluding hydrogens is 1150 g/mol. The van der Waals surface area contributed by atoms with E-state index in [9.17, 15) is 50.3 Å². The highest BCUT2D eigenvalue weighted by molar-refractivity contribution is 7.86. The number of hydrogen-bond acceptors (Lipinski definition) is 14. The molecule has 16 nitrogen and oxygen atoms in total. The van der Waals surface area contributed by atoms with Crippen LogP contribution in [0.25, 0.3) is 21.1 Å². The Morgan fingerprint density at radius 1 is 0.619 bits per heavy atom. The topological polar surface area (TPSA) is 192 Å². The molecule has 0 saturated heterocycles. The van der Waals surface area contributed by atoms with Crippen molar-refractivity contribution < 1.29 is 54.3 Å². The van der Waals surface area contributed by atoms with Gasteiger partial charge in [0.1, 0.15) is 46.5 Å². The van der Waals surface area contributed by atoms with Crippen LogP contribution in [0.3, 0.4) is 0 Å². The maximum atomic E-state index is 14.3. The number of hydrogen-bond donors (Lipinski definition) is 1. The quantitative estimate of drug-likeness (QED) is 0.0633. The number of ether oxygens (including phenoxy) is 2. The molecule has 2 aliphatic rings. The molecule has 6 heterocycles. The van der Waals surface area contributed by atoms with Gasteiger partial charge in [-0.2, -0.15) is 8.42 Å². The molecule has 0 spiro atoms. The summed E-state index contributed by atoms with van der Waals surface area (Å²) in [6.45, 7) is 10.7. The van der Waals surface area contributed by atoms with E-state index in [2.05, 4.69) is 9.97 Å². The fraction of sp³-hybridized carbons (Fsp3) is 0.311. The zero-order valence-corrected chi connectivity index (χ0v) is 49.3. The third-order valence-corrected chi connectivity index (χ3v) is 17.0. The molecule has 0 fully saturated rings. The molecule has 4 aromatic heterocycles. The molecule has 10 rings (SSSR count). The molecule has 0 radical (unpaired) electrons. The minimum atomic E-state index is -3.85. The molecule has 2 aliphatic heterocycles. The first kappa shape index (κ1) is 60.8. The number of aliphatic hydroxyl groups is 1. The lowest BCUT2D eigenvalue weighted by Gasteiger charge is -2.45. The van der Waals surface area contributed by atoms with E-state index in [0.29, 0.717) is 20.3 Å². The second-order valence-corrected chi connectivity index (χ2v) is 25.5. The molecule has 0 saturated carbocycles. The predicted octanol–water partition coefficient (Wildman–Crippen LogP) is 9.97. The second kappa shape index (κ2) is 24.8. The van der Waals surface area contributed by atoms with Crippen LogP contribution in [0.15, 0.2) is 131 Å². The predicted molar refractivity (Wildman–Crippen MR) is 311 cm³/mol. The summed E-state index contributed by atoms with van der Waals surface area (Å²) in [6, 6.07) is 24.7. The van der Waals surface area contributed by atoms with Gasteiger partial charge in [-0.1, -0.05) is 72.8 Å². The Balaban J connectivity index is 0.000000202. The Morgan fingerprint density at radius 3 is 1.40 bits per heavy atom. The number of carbonyl (C=O) groups is 2. The molecule has 84 heavy (non-hydrogen) atoms. The Hall–Kier alpha value is -7.83. The molecule has 1 N–H and O–H groups in total. The van der Waals surface area contributed by atoms with Gasteiger partial charge in [-0.25, -0.2) is 27.5 Å². The Labute approximate surface area is 490 Å². The van der Waals surface area contributed by atoms with Crippen LogP contribution >= 0.6 is 22.7 Å². The van der Waals surface area contributed by atoms with Crippen LogP contribution < -0.4 is 20.3 Å². The summed E-state index contributed by atoms with van der Waals surface area (Å²) in [4.78, 5) is 68.9. The van der Waals surface area contributed by atoms with Gasteiger partial charge >= 0.3 is 0 Å². The van der Waals surface area contributed by atoms with Crippen molar-refractivity contribution in [2.45, 2.75) is 90.8 Å². The van der Waals surface area contributed by atoms with Crippen molar-refractivity contribution in [2.75, 3.05) is 32.6 Å². The largest absolute Gasteiger partial charge is 0.483 e.